The fourth-order valence-corrected chi connectivity index (χ4v) is 13.8. The van der Waals surface area contributed by atoms with E-state index in [9.17, 15) is 14.7 Å². The van der Waals surface area contributed by atoms with Crippen LogP contribution in [0, 0.1) is 57.1 Å². The normalized spacial score (nSPS) is 40.1. The Morgan fingerprint density at radius 3 is 2.48 bits per heavy atom. The van der Waals surface area contributed by atoms with Gasteiger partial charge in [-0.15, -0.1) is 0 Å². The van der Waals surface area contributed by atoms with Crippen LogP contribution in [-0.4, -0.2) is 59.6 Å². The summed E-state index contributed by atoms with van der Waals surface area (Å²) in [5, 5.41) is 12.8. The smallest absolute Gasteiger partial charge is 0.335 e. The summed E-state index contributed by atoms with van der Waals surface area (Å²) in [5.74, 6) is 4.14. The summed E-state index contributed by atoms with van der Waals surface area (Å²) < 4.78 is 15.4. The van der Waals surface area contributed by atoms with E-state index in [-0.39, 0.29) is 27.2 Å². The Morgan fingerprint density at radius 1 is 0.957 bits per heavy atom. The minimum absolute atomic E-state index is 0.00144. The molecule has 0 radical (unpaired) electrons. The van der Waals surface area contributed by atoms with Crippen LogP contribution < -0.4 is 5.32 Å². The molecule has 1 aromatic carbocycles. The zero-order valence-electron chi connectivity index (χ0n) is 28.5. The van der Waals surface area contributed by atoms with Crippen molar-refractivity contribution in [2.45, 2.75) is 91.9 Å². The van der Waals surface area contributed by atoms with Gasteiger partial charge in [0.25, 0.3) is 0 Å². The highest BCUT2D eigenvalue weighted by Gasteiger charge is 2.66. The molecule has 7 rings (SSSR count). The van der Waals surface area contributed by atoms with Crippen LogP contribution in [0.4, 0.5) is 4.39 Å². The van der Waals surface area contributed by atoms with Crippen LogP contribution in [0.25, 0.3) is 5.57 Å². The number of carboxylic acid groups (broad SMARTS) is 1. The highest BCUT2D eigenvalue weighted by molar-refractivity contribution is 7.99. The van der Waals surface area contributed by atoms with Crippen molar-refractivity contribution in [2.24, 2.45) is 51.2 Å². The molecule has 1 heterocycles. The molecule has 5 fully saturated rings. The minimum Gasteiger partial charge on any atom is -0.478 e. The van der Waals surface area contributed by atoms with Crippen LogP contribution in [0.5, 0.6) is 0 Å². The summed E-state index contributed by atoms with van der Waals surface area (Å²) in [4.78, 5) is 28.0. The van der Waals surface area contributed by atoms with Crippen molar-refractivity contribution in [3.05, 3.63) is 41.2 Å². The number of allylic oxidation sites excluding steroid dienone is 2. The maximum Gasteiger partial charge on any atom is 0.335 e. The highest BCUT2D eigenvalue weighted by Crippen LogP contribution is 2.73. The Morgan fingerprint density at radius 2 is 1.74 bits per heavy atom. The number of hydrogen-bond acceptors (Lipinski definition) is 4. The molecule has 0 bridgehead atoms. The number of hydrogen-bond donors (Lipinski definition) is 2. The van der Waals surface area contributed by atoms with E-state index in [0.717, 1.165) is 57.4 Å². The van der Waals surface area contributed by atoms with E-state index in [2.05, 4.69) is 44.0 Å². The number of carboxylic acids is 1. The van der Waals surface area contributed by atoms with Gasteiger partial charge in [0.2, 0.25) is 5.91 Å². The second-order valence-electron chi connectivity index (χ2n) is 17.0. The van der Waals surface area contributed by atoms with Crippen LogP contribution in [-0.2, 0) is 4.79 Å². The number of carbonyl (C=O) groups excluding carboxylic acids is 1. The van der Waals surface area contributed by atoms with Crippen LogP contribution in [0.2, 0.25) is 0 Å². The lowest BCUT2D eigenvalue weighted by molar-refractivity contribution is -0.181. The quantitative estimate of drug-likeness (QED) is 0.325. The molecule has 8 atom stereocenters. The van der Waals surface area contributed by atoms with Crippen molar-refractivity contribution in [1.82, 2.24) is 10.2 Å². The van der Waals surface area contributed by atoms with Gasteiger partial charge in [-0.05, 0) is 121 Å². The van der Waals surface area contributed by atoms with Gasteiger partial charge in [-0.2, -0.15) is 11.8 Å². The lowest BCUT2D eigenvalue weighted by atomic mass is 9.36. The highest BCUT2D eigenvalue weighted by atomic mass is 32.2. The molecule has 1 aliphatic heterocycles. The topological polar surface area (TPSA) is 69.6 Å². The predicted octanol–water partition coefficient (Wildman–Crippen LogP) is 8.15. The third-order valence-electron chi connectivity index (χ3n) is 14.9. The van der Waals surface area contributed by atoms with Gasteiger partial charge in [-0.1, -0.05) is 46.3 Å². The average Bonchev–Trinajstić information content (AvgIpc) is 3.48. The molecule has 6 aliphatic rings. The van der Waals surface area contributed by atoms with Crippen molar-refractivity contribution in [1.29, 1.82) is 0 Å². The van der Waals surface area contributed by atoms with Crippen molar-refractivity contribution >= 4 is 29.2 Å². The van der Waals surface area contributed by atoms with Crippen molar-refractivity contribution in [3.63, 3.8) is 0 Å². The third kappa shape index (κ3) is 5.02. The first-order valence-corrected chi connectivity index (χ1v) is 19.4. The Kier molecular flexibility index (Phi) is 8.47. The number of fused-ring (bicyclic) bond motifs is 7. The maximum absolute atomic E-state index is 15.4. The van der Waals surface area contributed by atoms with Crippen LogP contribution in [0.15, 0.2) is 24.3 Å². The van der Waals surface area contributed by atoms with E-state index in [1.54, 1.807) is 12.1 Å². The number of benzene rings is 1. The van der Waals surface area contributed by atoms with Gasteiger partial charge >= 0.3 is 5.97 Å². The fourth-order valence-electron chi connectivity index (χ4n) is 12.9. The molecule has 0 aromatic heterocycles. The van der Waals surface area contributed by atoms with Crippen LogP contribution in [0.1, 0.15) is 108 Å². The molecule has 1 amide bonds. The molecule has 4 saturated carbocycles. The number of nitrogens with one attached hydrogen (secondary N) is 1. The Hall–Kier alpha value is -1.86. The monoisotopic (exact) mass is 650 g/mol. The van der Waals surface area contributed by atoms with Crippen molar-refractivity contribution < 1.29 is 19.1 Å². The van der Waals surface area contributed by atoms with Gasteiger partial charge in [0.05, 0.1) is 11.0 Å². The zero-order chi connectivity index (χ0) is 32.5. The number of thioether (sulfide) groups is 1. The number of aromatic carboxylic acids is 1. The first-order valence-electron chi connectivity index (χ1n) is 18.2. The molecular formula is C39H55FN2O3S. The standard InChI is InChI=1S/C39H55FN2O3S/c1-36(2)28(27-8-7-25(34(43)44)24-31(27)40)11-15-38(4)32(36)13-16-37(3)29-12-17-39(14-5-6-30(39)26(29)9-10-33(37)38)35(45)41-18-19-42-20-22-46-23-21-42/h7-8,11,24,26,29-30,32-33H,5-6,9-10,12-23H2,1-4H3,(H,41,45)(H,43,44). The number of amides is 1. The van der Waals surface area contributed by atoms with Gasteiger partial charge in [0, 0.05) is 43.2 Å². The van der Waals surface area contributed by atoms with E-state index >= 15 is 4.39 Å². The fraction of sp³-hybridized carbons (Fsp3) is 0.744. The molecule has 252 valence electrons. The first kappa shape index (κ1) is 32.7. The van der Waals surface area contributed by atoms with E-state index in [0.29, 0.717) is 41.1 Å². The summed E-state index contributed by atoms with van der Waals surface area (Å²) in [5.41, 5.74) is 1.63. The van der Waals surface area contributed by atoms with Gasteiger partial charge in [0.1, 0.15) is 5.82 Å². The Balaban J connectivity index is 1.10. The van der Waals surface area contributed by atoms with Crippen LogP contribution in [0.3, 0.4) is 0 Å². The molecule has 5 nitrogen and oxygen atoms in total. The van der Waals surface area contributed by atoms with E-state index in [4.69, 9.17) is 0 Å². The minimum atomic E-state index is -1.09. The predicted molar refractivity (Wildman–Crippen MR) is 184 cm³/mol. The zero-order valence-corrected chi connectivity index (χ0v) is 29.3. The van der Waals surface area contributed by atoms with Gasteiger partial charge in [-0.3, -0.25) is 9.69 Å². The molecule has 7 heteroatoms. The van der Waals surface area contributed by atoms with Gasteiger partial charge in [-0.25, -0.2) is 9.18 Å². The summed E-state index contributed by atoms with van der Waals surface area (Å²) in [6, 6.07) is 4.42. The number of carbonyl (C=O) groups is 2. The molecular weight excluding hydrogens is 596 g/mol. The van der Waals surface area contributed by atoms with Gasteiger partial charge in [0.15, 0.2) is 0 Å². The summed E-state index contributed by atoms with van der Waals surface area (Å²) in [6.07, 6.45) is 13.8. The summed E-state index contributed by atoms with van der Waals surface area (Å²) in [6.45, 7) is 13.8. The summed E-state index contributed by atoms with van der Waals surface area (Å²) in [7, 11) is 0. The van der Waals surface area contributed by atoms with E-state index in [1.165, 1.54) is 56.1 Å². The average molecular weight is 651 g/mol. The summed E-state index contributed by atoms with van der Waals surface area (Å²) >= 11 is 2.04. The molecule has 46 heavy (non-hydrogen) atoms. The lowest BCUT2D eigenvalue weighted by Crippen LogP contribution is -2.62. The van der Waals surface area contributed by atoms with Crippen molar-refractivity contribution in [3.8, 4) is 0 Å². The molecule has 0 spiro atoms. The maximum atomic E-state index is 15.4. The lowest BCUT2D eigenvalue weighted by Gasteiger charge is -2.68. The molecule has 1 aromatic rings. The number of halogens is 1. The van der Waals surface area contributed by atoms with E-state index in [1.807, 2.05) is 11.8 Å². The SMILES string of the molecule is CC1(C)C(c2ccc(C(=O)O)cc2F)=CCC2(C)C1CCC1(C)C3CCC4(C(=O)NCCN5CCSCC5)CCCC4C3CCC12. The Labute approximate surface area is 279 Å². The van der Waals surface area contributed by atoms with Crippen LogP contribution >= 0.6 is 11.8 Å². The molecule has 8 unspecified atom stereocenters. The molecule has 1 saturated heterocycles. The van der Waals surface area contributed by atoms with Crippen molar-refractivity contribution in [2.75, 3.05) is 37.7 Å². The first-order chi connectivity index (χ1) is 21.9. The van der Waals surface area contributed by atoms with E-state index < -0.39 is 11.8 Å². The molecule has 5 aliphatic carbocycles. The number of nitrogens with zero attached hydrogens (tertiary/aromatic N) is 1. The number of rotatable bonds is 6. The largest absolute Gasteiger partial charge is 0.478 e. The third-order valence-corrected chi connectivity index (χ3v) is 15.8. The molecule has 2 N–H and O–H groups in total. The Bertz CT molecular complexity index is 1410. The second kappa shape index (κ2) is 11.9. The second-order valence-corrected chi connectivity index (χ2v) is 18.2. The van der Waals surface area contributed by atoms with Gasteiger partial charge < -0.3 is 10.4 Å².